The Morgan fingerprint density at radius 1 is 1.08 bits per heavy atom. The van der Waals surface area contributed by atoms with Crippen molar-refractivity contribution >= 4 is 8.07 Å². The van der Waals surface area contributed by atoms with E-state index in [0.29, 0.717) is 0 Å². The maximum atomic E-state index is 2.46. The van der Waals surface area contributed by atoms with Crippen LogP contribution in [-0.4, -0.2) is 8.07 Å². The van der Waals surface area contributed by atoms with Gasteiger partial charge in [0.2, 0.25) is 0 Å². The molecule has 0 nitrogen and oxygen atoms in total. The van der Waals surface area contributed by atoms with Gasteiger partial charge in [-0.05, 0) is 18.8 Å². The summed E-state index contributed by atoms with van der Waals surface area (Å²) in [5.41, 5.74) is 2.46. The molecule has 0 aromatic rings. The molecule has 0 N–H and O–H groups in total. The molecule has 0 spiro atoms. The molecule has 0 aliphatic carbocycles. The Morgan fingerprint density at radius 2 is 1.69 bits per heavy atom. The van der Waals surface area contributed by atoms with E-state index in [2.05, 4.69) is 45.3 Å². The average molecular weight is 198 g/mol. The molecule has 78 valence electrons. The van der Waals surface area contributed by atoms with Crippen LogP contribution >= 0.6 is 0 Å². The summed E-state index contributed by atoms with van der Waals surface area (Å²) in [7, 11) is -0.920. The molecule has 0 aromatic heterocycles. The van der Waals surface area contributed by atoms with E-state index in [0.717, 1.165) is 5.92 Å². The first-order chi connectivity index (χ1) is 5.92. The van der Waals surface area contributed by atoms with E-state index in [4.69, 9.17) is 0 Å². The summed E-state index contributed by atoms with van der Waals surface area (Å²) in [6, 6.07) is 0. The molecule has 0 fully saturated rings. The minimum absolute atomic E-state index is 0.876. The Bertz CT molecular complexity index is 140. The number of hydrogen-bond acceptors (Lipinski definition) is 0. The van der Waals surface area contributed by atoms with Gasteiger partial charge in [-0.3, -0.25) is 0 Å². The molecule has 0 saturated heterocycles. The van der Waals surface area contributed by atoms with Gasteiger partial charge >= 0.3 is 0 Å². The van der Waals surface area contributed by atoms with Crippen molar-refractivity contribution < 1.29 is 0 Å². The summed E-state index contributed by atoms with van der Waals surface area (Å²) in [5.74, 6) is 0.876. The molecule has 0 rings (SSSR count). The van der Waals surface area contributed by atoms with E-state index in [1.165, 1.54) is 25.7 Å². The predicted molar refractivity (Wildman–Crippen MR) is 65.8 cm³/mol. The van der Waals surface area contributed by atoms with Crippen LogP contribution < -0.4 is 0 Å². The van der Waals surface area contributed by atoms with Gasteiger partial charge in [-0.1, -0.05) is 58.1 Å². The number of rotatable bonds is 6. The van der Waals surface area contributed by atoms with E-state index >= 15 is 0 Å². The third kappa shape index (κ3) is 12.0. The van der Waals surface area contributed by atoms with Crippen molar-refractivity contribution in [3.8, 4) is 0 Å². The summed E-state index contributed by atoms with van der Waals surface area (Å²) < 4.78 is 0. The van der Waals surface area contributed by atoms with E-state index in [1.807, 2.05) is 0 Å². The minimum Gasteiger partial charge on any atom is -0.0989 e. The maximum Gasteiger partial charge on any atom is 0.0682 e. The highest BCUT2D eigenvalue weighted by atomic mass is 28.3. The van der Waals surface area contributed by atoms with Crippen molar-refractivity contribution in [2.24, 2.45) is 5.92 Å². The molecule has 0 bridgehead atoms. The van der Waals surface area contributed by atoms with Gasteiger partial charge < -0.3 is 0 Å². The molecule has 1 heteroatoms. The van der Waals surface area contributed by atoms with Gasteiger partial charge in [0.25, 0.3) is 0 Å². The van der Waals surface area contributed by atoms with Crippen LogP contribution in [0.15, 0.2) is 11.8 Å². The van der Waals surface area contributed by atoms with Gasteiger partial charge in [-0.25, -0.2) is 0 Å². The fraction of sp³-hybridized carbons (Fsp3) is 0.833. The second-order valence-corrected chi connectivity index (χ2v) is 10.5. The zero-order valence-corrected chi connectivity index (χ0v) is 11.1. The van der Waals surface area contributed by atoms with Crippen LogP contribution in [0.3, 0.4) is 0 Å². The summed E-state index contributed by atoms with van der Waals surface area (Å²) in [6.07, 6.45) is 7.84. The molecule has 0 aliphatic heterocycles. The van der Waals surface area contributed by atoms with E-state index in [-0.39, 0.29) is 0 Å². The summed E-state index contributed by atoms with van der Waals surface area (Å²) in [4.78, 5) is 0. The third-order valence-electron chi connectivity index (χ3n) is 2.02. The molecule has 0 aliphatic rings. The monoisotopic (exact) mass is 198 g/mol. The quantitative estimate of drug-likeness (QED) is 0.431. The Morgan fingerprint density at radius 3 is 2.15 bits per heavy atom. The molecule has 0 saturated carbocycles. The van der Waals surface area contributed by atoms with E-state index < -0.39 is 8.07 Å². The molecule has 0 atom stereocenters. The Hall–Kier alpha value is -0.0431. The van der Waals surface area contributed by atoms with Crippen molar-refractivity contribution in [1.29, 1.82) is 0 Å². The number of unbranched alkanes of at least 4 members (excludes halogenated alkanes) is 2. The van der Waals surface area contributed by atoms with Crippen molar-refractivity contribution in [2.45, 2.75) is 59.2 Å². The van der Waals surface area contributed by atoms with Crippen LogP contribution in [0.2, 0.25) is 19.6 Å². The Labute approximate surface area is 85.4 Å². The average Bonchev–Trinajstić information content (AvgIpc) is 1.93. The number of hydrogen-bond donors (Lipinski definition) is 0. The zero-order valence-electron chi connectivity index (χ0n) is 10.1. The van der Waals surface area contributed by atoms with Gasteiger partial charge in [-0.15, -0.1) is 0 Å². The lowest BCUT2D eigenvalue weighted by Gasteiger charge is -2.08. The van der Waals surface area contributed by atoms with Crippen LogP contribution in [-0.2, 0) is 0 Å². The van der Waals surface area contributed by atoms with Gasteiger partial charge in [0.05, 0.1) is 8.07 Å². The second-order valence-electron chi connectivity index (χ2n) is 5.45. The molecule has 13 heavy (non-hydrogen) atoms. The van der Waals surface area contributed by atoms with Gasteiger partial charge in [0, 0.05) is 0 Å². The SMILES string of the molecule is CC(C)CCCC/C=C\[Si](C)(C)C. The number of allylic oxidation sites excluding steroid dienone is 1. The van der Waals surface area contributed by atoms with Gasteiger partial charge in [0.1, 0.15) is 0 Å². The van der Waals surface area contributed by atoms with Crippen LogP contribution in [0.4, 0.5) is 0 Å². The van der Waals surface area contributed by atoms with Crippen molar-refractivity contribution in [3.63, 3.8) is 0 Å². The zero-order chi connectivity index (χ0) is 10.3. The highest BCUT2D eigenvalue weighted by Gasteiger charge is 2.05. The normalized spacial score (nSPS) is 13.1. The second kappa shape index (κ2) is 6.42. The molecule has 0 amide bonds. The Kier molecular flexibility index (Phi) is 6.40. The van der Waals surface area contributed by atoms with Gasteiger partial charge in [0.15, 0.2) is 0 Å². The smallest absolute Gasteiger partial charge is 0.0682 e. The van der Waals surface area contributed by atoms with Crippen LogP contribution in [0.5, 0.6) is 0 Å². The lowest BCUT2D eigenvalue weighted by molar-refractivity contribution is 0.540. The lowest BCUT2D eigenvalue weighted by atomic mass is 10.1. The lowest BCUT2D eigenvalue weighted by Crippen LogP contribution is -2.15. The molecule has 0 heterocycles. The first kappa shape index (κ1) is 13.0. The van der Waals surface area contributed by atoms with Crippen LogP contribution in [0.25, 0.3) is 0 Å². The third-order valence-corrected chi connectivity index (χ3v) is 3.26. The van der Waals surface area contributed by atoms with Crippen LogP contribution in [0.1, 0.15) is 39.5 Å². The largest absolute Gasteiger partial charge is 0.0989 e. The molecular weight excluding hydrogens is 172 g/mol. The standard InChI is InChI=1S/C12H26Si/c1-12(2)10-8-6-7-9-11-13(3,4)5/h9,11-12H,6-8,10H2,1-5H3/b11-9-. The fourth-order valence-electron chi connectivity index (χ4n) is 1.25. The maximum absolute atomic E-state index is 2.46. The van der Waals surface area contributed by atoms with Crippen molar-refractivity contribution in [1.82, 2.24) is 0 Å². The molecule has 0 radical (unpaired) electrons. The first-order valence-corrected chi connectivity index (χ1v) is 9.17. The summed E-state index contributed by atoms with van der Waals surface area (Å²) in [5, 5.41) is 0. The summed E-state index contributed by atoms with van der Waals surface area (Å²) in [6.45, 7) is 11.8. The van der Waals surface area contributed by atoms with Crippen LogP contribution in [0, 0.1) is 5.92 Å². The topological polar surface area (TPSA) is 0 Å². The molecular formula is C12H26Si. The Balaban J connectivity index is 3.31. The van der Waals surface area contributed by atoms with E-state index in [1.54, 1.807) is 0 Å². The molecule has 0 aromatic carbocycles. The van der Waals surface area contributed by atoms with Gasteiger partial charge in [-0.2, -0.15) is 0 Å². The minimum atomic E-state index is -0.920. The summed E-state index contributed by atoms with van der Waals surface area (Å²) >= 11 is 0. The highest BCUT2D eigenvalue weighted by molar-refractivity contribution is 6.80. The predicted octanol–water partition coefficient (Wildman–Crippen LogP) is 4.64. The van der Waals surface area contributed by atoms with E-state index in [9.17, 15) is 0 Å². The molecule has 0 unspecified atom stereocenters. The van der Waals surface area contributed by atoms with Crippen molar-refractivity contribution in [2.75, 3.05) is 0 Å². The first-order valence-electron chi connectivity index (χ1n) is 5.59. The highest BCUT2D eigenvalue weighted by Crippen LogP contribution is 2.09. The fourth-order valence-corrected chi connectivity index (χ4v) is 2.13. The van der Waals surface area contributed by atoms with Crippen molar-refractivity contribution in [3.05, 3.63) is 11.8 Å².